The number of anilines is 2. The van der Waals surface area contributed by atoms with Gasteiger partial charge in [-0.25, -0.2) is 14.8 Å². The van der Waals surface area contributed by atoms with E-state index in [4.69, 9.17) is 16.7 Å². The third-order valence-corrected chi connectivity index (χ3v) is 9.13. The summed E-state index contributed by atoms with van der Waals surface area (Å²) in [6, 6.07) is 8.91. The quantitative estimate of drug-likeness (QED) is 0.0968. The molecule has 2 fully saturated rings. The number of carboxylic acids is 1. The van der Waals surface area contributed by atoms with Gasteiger partial charge >= 0.3 is 12.1 Å². The summed E-state index contributed by atoms with van der Waals surface area (Å²) in [5.41, 5.74) is 12.0. The molecule has 7 N–H and O–H groups in total. The fraction of sp³-hybridized carbons (Fsp3) is 0.559. The molecule has 51 heavy (non-hydrogen) atoms. The Morgan fingerprint density at radius 1 is 1.06 bits per heavy atom. The van der Waals surface area contributed by atoms with Crippen LogP contribution >= 0.6 is 0 Å². The lowest BCUT2D eigenvalue weighted by Crippen LogP contribution is -2.44. The average Bonchev–Trinajstić information content (AvgIpc) is 3.60. The minimum atomic E-state index is -4.78. The predicted octanol–water partition coefficient (Wildman–Crippen LogP) is 2.70. The summed E-state index contributed by atoms with van der Waals surface area (Å²) < 4.78 is 42.0. The van der Waals surface area contributed by atoms with Crippen LogP contribution < -0.4 is 31.9 Å². The van der Waals surface area contributed by atoms with E-state index in [9.17, 15) is 32.7 Å². The van der Waals surface area contributed by atoms with Crippen LogP contribution in [-0.2, 0) is 27.0 Å². The Labute approximate surface area is 294 Å². The first kappa shape index (κ1) is 38.7. The number of nitrogens with one attached hydrogen (secondary N) is 2. The largest absolute Gasteiger partial charge is 0.480 e. The van der Waals surface area contributed by atoms with Crippen molar-refractivity contribution in [2.24, 2.45) is 22.4 Å². The molecular formula is C34H45F3N10O4. The molecule has 0 spiro atoms. The first-order valence-electron chi connectivity index (χ1n) is 17.2. The summed E-state index contributed by atoms with van der Waals surface area (Å²) in [6.45, 7) is 1.89. The zero-order chi connectivity index (χ0) is 37.0. The lowest BCUT2D eigenvalue weighted by Gasteiger charge is -2.34. The number of nitrogens with two attached hydrogens (primary N) is 2. The third-order valence-electron chi connectivity index (χ3n) is 9.13. The topological polar surface area (TPSA) is 216 Å². The van der Waals surface area contributed by atoms with Gasteiger partial charge in [-0.1, -0.05) is 12.1 Å². The van der Waals surface area contributed by atoms with Crippen molar-refractivity contribution in [1.82, 2.24) is 20.6 Å². The van der Waals surface area contributed by atoms with Crippen LogP contribution in [0.25, 0.3) is 0 Å². The van der Waals surface area contributed by atoms with E-state index >= 15 is 0 Å². The highest BCUT2D eigenvalue weighted by molar-refractivity contribution is 5.86. The predicted molar refractivity (Wildman–Crippen MR) is 184 cm³/mol. The number of aliphatic imine (C=N–C) groups is 1. The lowest BCUT2D eigenvalue weighted by atomic mass is 9.91. The summed E-state index contributed by atoms with van der Waals surface area (Å²) in [6.07, 6.45) is 0.190. The number of halogens is 3. The smallest absolute Gasteiger partial charge is 0.451 e. The van der Waals surface area contributed by atoms with Crippen LogP contribution in [0.4, 0.5) is 24.8 Å². The standard InChI is InChI=1S/C34H45F3N10O4/c35-34(36,37)32-44-27(20-28(45-32)47-17-3-6-26(47)30(49)41-16-12-23-8-10-24(21-38)11-9-23)46-18-13-22(14-19-46)4-1-7-29(48)43-25(31(50)51)5-2-15-42-33(39)40/h8-11,20,22,25-26H,1-7,12-19H2,(H,41,49)(H,43,48)(H,50,51)(H4,39,40,42). The normalized spacial score (nSPS) is 17.0. The van der Waals surface area contributed by atoms with Crippen molar-refractivity contribution >= 4 is 35.4 Å². The van der Waals surface area contributed by atoms with E-state index in [1.807, 2.05) is 12.1 Å². The van der Waals surface area contributed by atoms with Crippen LogP contribution in [0.1, 0.15) is 74.7 Å². The summed E-state index contributed by atoms with van der Waals surface area (Å²) in [7, 11) is 0. The maximum atomic E-state index is 14.0. The van der Waals surface area contributed by atoms with Crippen LogP contribution in [-0.4, -0.2) is 83.6 Å². The maximum absolute atomic E-state index is 14.0. The SMILES string of the molecule is N#Cc1ccc(CCNC(=O)C2CCCN2c2cc(N3CCC(CCCC(=O)NC(CCCN=C(N)N)C(=O)O)CC3)nc(C(F)(F)F)n2)cc1. The Hall–Kier alpha value is -5.14. The molecule has 2 saturated heterocycles. The molecule has 2 atom stereocenters. The second-order valence-corrected chi connectivity index (χ2v) is 12.8. The van der Waals surface area contributed by atoms with Gasteiger partial charge in [-0.2, -0.15) is 18.4 Å². The molecule has 2 unspecified atom stereocenters. The van der Waals surface area contributed by atoms with Crippen molar-refractivity contribution in [3.05, 3.63) is 47.3 Å². The number of carbonyl (C=O) groups is 3. The maximum Gasteiger partial charge on any atom is 0.451 e. The molecule has 0 saturated carbocycles. The van der Waals surface area contributed by atoms with Crippen LogP contribution in [0.15, 0.2) is 35.3 Å². The Bertz CT molecular complexity index is 1570. The summed E-state index contributed by atoms with van der Waals surface area (Å²) in [4.78, 5) is 52.1. The minimum Gasteiger partial charge on any atom is -0.480 e. The van der Waals surface area contributed by atoms with Gasteiger partial charge in [0.25, 0.3) is 0 Å². The van der Waals surface area contributed by atoms with Gasteiger partial charge in [0.05, 0.1) is 11.6 Å². The van der Waals surface area contributed by atoms with Crippen LogP contribution in [0.5, 0.6) is 0 Å². The van der Waals surface area contributed by atoms with E-state index in [0.29, 0.717) is 83.1 Å². The summed E-state index contributed by atoms with van der Waals surface area (Å²) in [5, 5.41) is 23.8. The number of carbonyl (C=O) groups excluding carboxylic acids is 2. The second-order valence-electron chi connectivity index (χ2n) is 12.8. The number of aliphatic carboxylic acids is 1. The van der Waals surface area contributed by atoms with Gasteiger partial charge in [-0.3, -0.25) is 14.6 Å². The van der Waals surface area contributed by atoms with Crippen molar-refractivity contribution < 1.29 is 32.7 Å². The second kappa shape index (κ2) is 18.2. The van der Waals surface area contributed by atoms with E-state index in [0.717, 1.165) is 5.56 Å². The highest BCUT2D eigenvalue weighted by Crippen LogP contribution is 2.34. The minimum absolute atomic E-state index is 0.0566. The number of carboxylic acid groups (broad SMARTS) is 1. The average molecular weight is 715 g/mol. The Morgan fingerprint density at radius 3 is 2.41 bits per heavy atom. The molecule has 2 aromatic rings. The zero-order valence-electron chi connectivity index (χ0n) is 28.4. The van der Waals surface area contributed by atoms with Crippen molar-refractivity contribution in [2.75, 3.05) is 42.5 Å². The number of hydrogen-bond acceptors (Lipinski definition) is 9. The van der Waals surface area contributed by atoms with E-state index in [1.54, 1.807) is 21.9 Å². The van der Waals surface area contributed by atoms with Crippen LogP contribution in [0.2, 0.25) is 0 Å². The first-order chi connectivity index (χ1) is 24.3. The number of nitrogens with zero attached hydrogens (tertiary/aromatic N) is 6. The Kier molecular flexibility index (Phi) is 13.8. The van der Waals surface area contributed by atoms with Crippen LogP contribution in [0, 0.1) is 17.2 Å². The summed E-state index contributed by atoms with van der Waals surface area (Å²) in [5.74, 6) is -2.69. The van der Waals surface area contributed by atoms with Gasteiger partial charge in [0, 0.05) is 45.2 Å². The number of amides is 2. The van der Waals surface area contributed by atoms with E-state index < -0.39 is 30.1 Å². The third kappa shape index (κ3) is 11.7. The molecule has 14 nitrogen and oxygen atoms in total. The van der Waals surface area contributed by atoms with Gasteiger partial charge in [-0.05, 0) is 81.4 Å². The molecule has 4 rings (SSSR count). The molecule has 276 valence electrons. The van der Waals surface area contributed by atoms with E-state index in [1.165, 1.54) is 6.07 Å². The number of nitriles is 1. The summed E-state index contributed by atoms with van der Waals surface area (Å²) >= 11 is 0. The van der Waals surface area contributed by atoms with Gasteiger partial charge in [0.2, 0.25) is 17.6 Å². The van der Waals surface area contributed by atoms with Crippen molar-refractivity contribution in [1.29, 1.82) is 5.26 Å². The fourth-order valence-corrected chi connectivity index (χ4v) is 6.39. The van der Waals surface area contributed by atoms with Gasteiger partial charge < -0.3 is 37.0 Å². The fourth-order valence-electron chi connectivity index (χ4n) is 6.39. The molecule has 2 aliphatic rings. The van der Waals surface area contributed by atoms with E-state index in [-0.39, 0.29) is 54.7 Å². The van der Waals surface area contributed by atoms with Crippen molar-refractivity contribution in [3.63, 3.8) is 0 Å². The highest BCUT2D eigenvalue weighted by atomic mass is 19.4. The molecule has 1 aromatic heterocycles. The number of aromatic nitrogens is 2. The molecule has 2 aliphatic heterocycles. The Balaban J connectivity index is 1.30. The molecule has 0 bridgehead atoms. The zero-order valence-corrected chi connectivity index (χ0v) is 28.4. The monoisotopic (exact) mass is 714 g/mol. The molecule has 0 aliphatic carbocycles. The van der Waals surface area contributed by atoms with E-state index in [2.05, 4.69) is 31.7 Å². The van der Waals surface area contributed by atoms with Crippen molar-refractivity contribution in [3.8, 4) is 6.07 Å². The number of hydrogen-bond donors (Lipinski definition) is 5. The van der Waals surface area contributed by atoms with Gasteiger partial charge in [0.1, 0.15) is 23.7 Å². The van der Waals surface area contributed by atoms with Gasteiger partial charge in [-0.15, -0.1) is 0 Å². The molecular weight excluding hydrogens is 669 g/mol. The lowest BCUT2D eigenvalue weighted by molar-refractivity contribution is -0.145. The van der Waals surface area contributed by atoms with Gasteiger partial charge in [0.15, 0.2) is 5.96 Å². The number of rotatable bonds is 16. The number of benzene rings is 1. The molecule has 17 heteroatoms. The molecule has 3 heterocycles. The number of piperidine rings is 1. The Morgan fingerprint density at radius 2 is 1.76 bits per heavy atom. The number of guanidine groups is 1. The number of alkyl halides is 3. The van der Waals surface area contributed by atoms with Crippen LogP contribution in [0.3, 0.4) is 0 Å². The van der Waals surface area contributed by atoms with Crippen molar-refractivity contribution in [2.45, 2.75) is 82.5 Å². The molecule has 0 radical (unpaired) electrons. The highest BCUT2D eigenvalue weighted by Gasteiger charge is 2.39. The first-order valence-corrected chi connectivity index (χ1v) is 17.2. The molecule has 2 amide bonds. The molecule has 1 aromatic carbocycles.